The molecule has 0 aromatic rings. The Bertz CT molecular complexity index is 127. The van der Waals surface area contributed by atoms with Crippen LogP contribution in [0.3, 0.4) is 0 Å². The van der Waals surface area contributed by atoms with E-state index in [-0.39, 0.29) is 17.0 Å². The molecule has 1 nitrogen and oxygen atoms in total. The molecule has 0 heterocycles. The topological polar surface area (TPSA) is 0 Å². The largest absolute Gasteiger partial charge is 1.00 e. The molecule has 0 spiro atoms. The van der Waals surface area contributed by atoms with Gasteiger partial charge in [-0.3, -0.25) is 0 Å². The van der Waals surface area contributed by atoms with Gasteiger partial charge in [0.05, 0.1) is 20.6 Å². The highest BCUT2D eigenvalue weighted by Gasteiger charge is 2.10. The quantitative estimate of drug-likeness (QED) is 0.255. The molecule has 0 bridgehead atoms. The third-order valence-corrected chi connectivity index (χ3v) is 4.05. The van der Waals surface area contributed by atoms with E-state index in [9.17, 15) is 0 Å². The minimum absolute atomic E-state index is 0. The van der Waals surface area contributed by atoms with Gasteiger partial charge in [-0.05, 0) is 28.8 Å². The smallest absolute Gasteiger partial charge is 0.133 e. The number of halogens is 2. The summed E-state index contributed by atoms with van der Waals surface area (Å²) in [6.07, 6.45) is 9.88. The molecule has 0 N–H and O–H groups in total. The van der Waals surface area contributed by atoms with E-state index in [2.05, 4.69) is 36.9 Å². The summed E-state index contributed by atoms with van der Waals surface area (Å²) < 4.78 is 1.11. The molecule has 94 valence electrons. The fourth-order valence-electron chi connectivity index (χ4n) is 1.56. The van der Waals surface area contributed by atoms with Crippen molar-refractivity contribution in [2.75, 3.05) is 26.1 Å². The van der Waals surface area contributed by atoms with Crippen LogP contribution in [0.2, 0.25) is 0 Å². The Labute approximate surface area is 115 Å². The Morgan fingerprint density at radius 3 is 1.80 bits per heavy atom. The first-order valence-corrected chi connectivity index (χ1v) is 7.12. The Morgan fingerprint density at radius 1 is 0.867 bits per heavy atom. The molecule has 0 saturated heterocycles. The van der Waals surface area contributed by atoms with Gasteiger partial charge in [0.25, 0.3) is 0 Å². The molecule has 0 saturated carbocycles. The van der Waals surface area contributed by atoms with E-state index in [0.717, 1.165) is 9.94 Å². The van der Waals surface area contributed by atoms with Crippen molar-refractivity contribution in [3.05, 3.63) is 0 Å². The van der Waals surface area contributed by atoms with Gasteiger partial charge in [-0.2, -0.15) is 0 Å². The zero-order valence-electron chi connectivity index (χ0n) is 10.6. The monoisotopic (exact) mass is 343 g/mol. The van der Waals surface area contributed by atoms with E-state index >= 15 is 0 Å². The van der Waals surface area contributed by atoms with E-state index in [1.165, 1.54) is 51.5 Å². The van der Waals surface area contributed by atoms with Crippen LogP contribution in [0.25, 0.3) is 0 Å². The van der Waals surface area contributed by atoms with E-state index in [1.807, 2.05) is 0 Å². The lowest BCUT2D eigenvalue weighted by Gasteiger charge is -2.26. The summed E-state index contributed by atoms with van der Waals surface area (Å²) in [5.74, 6) is 0. The number of unbranched alkanes of at least 4 members (excludes halogenated alkanes) is 6. The summed E-state index contributed by atoms with van der Waals surface area (Å²) in [5, 5.41) is 0. The van der Waals surface area contributed by atoms with Crippen LogP contribution < -0.4 is 17.0 Å². The molecule has 0 unspecified atom stereocenters. The fourth-order valence-corrected chi connectivity index (χ4v) is 1.81. The number of hydrogen-bond acceptors (Lipinski definition) is 0. The van der Waals surface area contributed by atoms with Gasteiger partial charge in [0.1, 0.15) is 5.45 Å². The van der Waals surface area contributed by atoms with E-state index in [0.29, 0.717) is 0 Å². The van der Waals surface area contributed by atoms with E-state index < -0.39 is 0 Å². The third kappa shape index (κ3) is 12.9. The second-order valence-corrected chi connectivity index (χ2v) is 5.40. The van der Waals surface area contributed by atoms with Crippen molar-refractivity contribution in [1.82, 2.24) is 0 Å². The maximum Gasteiger partial charge on any atom is 0.133 e. The Balaban J connectivity index is 0. The van der Waals surface area contributed by atoms with Gasteiger partial charge < -0.3 is 21.5 Å². The molecule has 0 fully saturated rings. The highest BCUT2D eigenvalue weighted by Crippen LogP contribution is 2.09. The van der Waals surface area contributed by atoms with E-state index in [1.54, 1.807) is 0 Å². The Morgan fingerprint density at radius 2 is 1.33 bits per heavy atom. The summed E-state index contributed by atoms with van der Waals surface area (Å²) in [4.78, 5) is 0. The molecule has 3 heteroatoms. The maximum absolute atomic E-state index is 3.55. The predicted molar refractivity (Wildman–Crippen MR) is 68.8 cm³/mol. The van der Waals surface area contributed by atoms with Crippen LogP contribution in [-0.4, -0.2) is 30.6 Å². The molecule has 15 heavy (non-hydrogen) atoms. The lowest BCUT2D eigenvalue weighted by Crippen LogP contribution is -3.00. The number of hydrogen-bond donors (Lipinski definition) is 0. The number of alkyl halides is 1. The van der Waals surface area contributed by atoms with Crippen LogP contribution in [0.4, 0.5) is 0 Å². The lowest BCUT2D eigenvalue weighted by molar-refractivity contribution is -0.876. The summed E-state index contributed by atoms with van der Waals surface area (Å²) in [6.45, 7) is 3.58. The molecule has 0 radical (unpaired) electrons. The summed E-state index contributed by atoms with van der Waals surface area (Å²) >= 11 is 3.55. The average molecular weight is 345 g/mol. The van der Waals surface area contributed by atoms with Crippen molar-refractivity contribution >= 4 is 15.9 Å². The SMILES string of the molecule is CCCCCCCCC[N+](C)(C)CBr.[Br-]. The molecule has 0 aliphatic carbocycles. The Hall–Kier alpha value is 0.920. The van der Waals surface area contributed by atoms with Gasteiger partial charge in [-0.15, -0.1) is 0 Å². The van der Waals surface area contributed by atoms with Gasteiger partial charge in [-0.25, -0.2) is 0 Å². The minimum Gasteiger partial charge on any atom is -1.00 e. The number of rotatable bonds is 9. The zero-order chi connectivity index (χ0) is 10.9. The first-order valence-electron chi connectivity index (χ1n) is 6.00. The molecule has 0 aliphatic heterocycles. The molecular weight excluding hydrogens is 318 g/mol. The molecule has 0 rings (SSSR count). The molecular formula is C12H27Br2N. The third-order valence-electron chi connectivity index (χ3n) is 2.69. The summed E-state index contributed by atoms with van der Waals surface area (Å²) in [7, 11) is 4.57. The van der Waals surface area contributed by atoms with Crippen molar-refractivity contribution in [2.24, 2.45) is 0 Å². The van der Waals surface area contributed by atoms with Gasteiger partial charge >= 0.3 is 0 Å². The lowest BCUT2D eigenvalue weighted by atomic mass is 10.1. The number of nitrogens with zero attached hydrogens (tertiary/aromatic N) is 1. The van der Waals surface area contributed by atoms with Crippen LogP contribution in [0.1, 0.15) is 51.9 Å². The highest BCUT2D eigenvalue weighted by atomic mass is 79.9. The normalized spacial score (nSPS) is 11.2. The van der Waals surface area contributed by atoms with Gasteiger partial charge in [0.2, 0.25) is 0 Å². The van der Waals surface area contributed by atoms with Crippen LogP contribution in [0.5, 0.6) is 0 Å². The predicted octanol–water partition coefficient (Wildman–Crippen LogP) is 1.17. The molecule has 0 aliphatic rings. The second-order valence-electron chi connectivity index (χ2n) is 4.90. The van der Waals surface area contributed by atoms with Crippen LogP contribution in [0, 0.1) is 0 Å². The number of quaternary nitrogens is 1. The molecule has 0 aromatic heterocycles. The van der Waals surface area contributed by atoms with Crippen molar-refractivity contribution in [2.45, 2.75) is 51.9 Å². The Kier molecular flexibility index (Phi) is 13.9. The van der Waals surface area contributed by atoms with Gasteiger partial charge in [-0.1, -0.05) is 39.0 Å². The zero-order valence-corrected chi connectivity index (χ0v) is 13.7. The van der Waals surface area contributed by atoms with Crippen LogP contribution >= 0.6 is 15.9 Å². The summed E-state index contributed by atoms with van der Waals surface area (Å²) in [6, 6.07) is 0. The maximum atomic E-state index is 3.55. The van der Waals surface area contributed by atoms with Crippen LogP contribution in [-0.2, 0) is 0 Å². The van der Waals surface area contributed by atoms with Gasteiger partial charge in [0, 0.05) is 0 Å². The first-order chi connectivity index (χ1) is 6.62. The molecule has 0 amide bonds. The minimum atomic E-state index is 0. The molecule has 0 aromatic carbocycles. The second kappa shape index (κ2) is 11.4. The summed E-state index contributed by atoms with van der Waals surface area (Å²) in [5.41, 5.74) is 1.07. The van der Waals surface area contributed by atoms with Crippen molar-refractivity contribution in [3.8, 4) is 0 Å². The highest BCUT2D eigenvalue weighted by molar-refractivity contribution is 9.09. The average Bonchev–Trinajstić information content (AvgIpc) is 2.16. The van der Waals surface area contributed by atoms with Crippen molar-refractivity contribution in [3.63, 3.8) is 0 Å². The van der Waals surface area contributed by atoms with Crippen LogP contribution in [0.15, 0.2) is 0 Å². The fraction of sp³-hybridized carbons (Fsp3) is 1.00. The van der Waals surface area contributed by atoms with Gasteiger partial charge in [0.15, 0.2) is 0 Å². The first kappa shape index (κ1) is 18.3. The van der Waals surface area contributed by atoms with E-state index in [4.69, 9.17) is 0 Å². The molecule has 0 atom stereocenters. The standard InChI is InChI=1S/C12H27BrN.BrH/c1-4-5-6-7-8-9-10-11-14(2,3)12-13;/h4-12H2,1-3H3;1H/q+1;/p-1. The van der Waals surface area contributed by atoms with Crippen molar-refractivity contribution in [1.29, 1.82) is 0 Å². The van der Waals surface area contributed by atoms with Crippen molar-refractivity contribution < 1.29 is 21.5 Å².